The van der Waals surface area contributed by atoms with E-state index in [2.05, 4.69) is 20.8 Å². The molecule has 1 aromatic carbocycles. The van der Waals surface area contributed by atoms with Crippen molar-refractivity contribution in [1.29, 1.82) is 0 Å². The van der Waals surface area contributed by atoms with E-state index in [1.54, 1.807) is 13.1 Å². The standard InChI is InChI=1S/C12H14F3N5/c1-8(16-2)11-17-18-19-20(11)7-9-5-3-4-6-10(9)12(13,14)15/h3-6,8,16H,7H2,1-2H3. The first kappa shape index (κ1) is 14.4. The van der Waals surface area contributed by atoms with Gasteiger partial charge in [-0.25, -0.2) is 4.68 Å². The summed E-state index contributed by atoms with van der Waals surface area (Å²) in [5.41, 5.74) is -0.532. The summed E-state index contributed by atoms with van der Waals surface area (Å²) in [5, 5.41) is 14.1. The van der Waals surface area contributed by atoms with E-state index in [0.29, 0.717) is 5.82 Å². The summed E-state index contributed by atoms with van der Waals surface area (Å²) in [6.07, 6.45) is -4.39. The predicted octanol–water partition coefficient (Wildman–Crippen LogP) is 2.02. The molecule has 1 N–H and O–H groups in total. The zero-order valence-corrected chi connectivity index (χ0v) is 11.0. The number of hydrogen-bond acceptors (Lipinski definition) is 4. The van der Waals surface area contributed by atoms with Crippen molar-refractivity contribution >= 4 is 0 Å². The quantitative estimate of drug-likeness (QED) is 0.933. The fraction of sp³-hybridized carbons (Fsp3) is 0.417. The van der Waals surface area contributed by atoms with Gasteiger partial charge in [-0.05, 0) is 36.0 Å². The minimum atomic E-state index is -4.39. The number of rotatable bonds is 4. The summed E-state index contributed by atoms with van der Waals surface area (Å²) in [5.74, 6) is 0.490. The van der Waals surface area contributed by atoms with Crippen LogP contribution in [0.1, 0.15) is 29.9 Å². The van der Waals surface area contributed by atoms with Crippen LogP contribution in [0.2, 0.25) is 0 Å². The van der Waals surface area contributed by atoms with Gasteiger partial charge < -0.3 is 5.32 Å². The Hall–Kier alpha value is -1.96. The lowest BCUT2D eigenvalue weighted by molar-refractivity contribution is -0.138. The summed E-state index contributed by atoms with van der Waals surface area (Å²) >= 11 is 0. The molecular weight excluding hydrogens is 271 g/mol. The zero-order valence-electron chi connectivity index (χ0n) is 11.0. The van der Waals surface area contributed by atoms with E-state index in [9.17, 15) is 13.2 Å². The van der Waals surface area contributed by atoms with Crippen LogP contribution in [0.5, 0.6) is 0 Å². The summed E-state index contributed by atoms with van der Waals surface area (Å²) < 4.78 is 40.2. The lowest BCUT2D eigenvalue weighted by atomic mass is 10.1. The fourth-order valence-corrected chi connectivity index (χ4v) is 1.86. The molecule has 108 valence electrons. The molecule has 1 atom stereocenters. The van der Waals surface area contributed by atoms with Crippen LogP contribution in [0, 0.1) is 0 Å². The molecule has 0 bridgehead atoms. The molecular formula is C12H14F3N5. The molecule has 0 aliphatic carbocycles. The van der Waals surface area contributed by atoms with Gasteiger partial charge in [-0.15, -0.1) is 5.10 Å². The number of nitrogens with one attached hydrogen (secondary N) is 1. The largest absolute Gasteiger partial charge is 0.416 e. The van der Waals surface area contributed by atoms with Gasteiger partial charge in [0.1, 0.15) is 0 Å². The van der Waals surface area contributed by atoms with Crippen molar-refractivity contribution in [1.82, 2.24) is 25.5 Å². The van der Waals surface area contributed by atoms with Crippen LogP contribution in [0.15, 0.2) is 24.3 Å². The molecule has 1 heterocycles. The smallest absolute Gasteiger partial charge is 0.311 e. The van der Waals surface area contributed by atoms with Gasteiger partial charge in [-0.3, -0.25) is 0 Å². The number of aromatic nitrogens is 4. The van der Waals surface area contributed by atoms with Crippen LogP contribution in [-0.2, 0) is 12.7 Å². The Morgan fingerprint density at radius 2 is 2.00 bits per heavy atom. The van der Waals surface area contributed by atoms with Crippen molar-refractivity contribution in [3.63, 3.8) is 0 Å². The summed E-state index contributed by atoms with van der Waals surface area (Å²) in [7, 11) is 1.73. The van der Waals surface area contributed by atoms with Gasteiger partial charge in [0.2, 0.25) is 0 Å². The molecule has 0 saturated carbocycles. The normalized spacial score (nSPS) is 13.4. The van der Waals surface area contributed by atoms with E-state index >= 15 is 0 Å². The Kier molecular flexibility index (Phi) is 4.03. The average molecular weight is 285 g/mol. The van der Waals surface area contributed by atoms with Gasteiger partial charge in [0.15, 0.2) is 5.82 Å². The van der Waals surface area contributed by atoms with Gasteiger partial charge in [0.05, 0.1) is 18.2 Å². The van der Waals surface area contributed by atoms with E-state index in [0.717, 1.165) is 6.07 Å². The fourth-order valence-electron chi connectivity index (χ4n) is 1.86. The molecule has 20 heavy (non-hydrogen) atoms. The molecule has 2 aromatic rings. The summed E-state index contributed by atoms with van der Waals surface area (Å²) in [6.45, 7) is 1.81. The van der Waals surface area contributed by atoms with Crippen LogP contribution < -0.4 is 5.32 Å². The molecule has 0 radical (unpaired) electrons. The Balaban J connectivity index is 2.34. The second-order valence-electron chi connectivity index (χ2n) is 4.36. The molecule has 1 aromatic heterocycles. The van der Waals surface area contributed by atoms with E-state index in [-0.39, 0.29) is 18.2 Å². The molecule has 0 aliphatic rings. The zero-order chi connectivity index (χ0) is 14.8. The molecule has 0 aliphatic heterocycles. The number of hydrogen-bond donors (Lipinski definition) is 1. The SMILES string of the molecule is CNC(C)c1nnnn1Cc1ccccc1C(F)(F)F. The lowest BCUT2D eigenvalue weighted by Crippen LogP contribution is -2.20. The Morgan fingerprint density at radius 3 is 2.65 bits per heavy atom. The van der Waals surface area contributed by atoms with Crippen molar-refractivity contribution in [2.24, 2.45) is 0 Å². The molecule has 5 nitrogen and oxygen atoms in total. The lowest BCUT2D eigenvalue weighted by Gasteiger charge is -2.14. The molecule has 8 heteroatoms. The van der Waals surface area contributed by atoms with Gasteiger partial charge in [0, 0.05) is 0 Å². The van der Waals surface area contributed by atoms with Crippen LogP contribution in [0.25, 0.3) is 0 Å². The van der Waals surface area contributed by atoms with Gasteiger partial charge in [0.25, 0.3) is 0 Å². The second kappa shape index (κ2) is 5.58. The third-order valence-electron chi connectivity index (χ3n) is 3.02. The molecule has 0 spiro atoms. The minimum absolute atomic E-state index is 0.0238. The highest BCUT2D eigenvalue weighted by Gasteiger charge is 2.33. The maximum absolute atomic E-state index is 12.9. The van der Waals surface area contributed by atoms with Crippen molar-refractivity contribution in [2.45, 2.75) is 25.7 Å². The number of alkyl halides is 3. The maximum Gasteiger partial charge on any atom is 0.416 e. The van der Waals surface area contributed by atoms with Crippen LogP contribution in [-0.4, -0.2) is 27.3 Å². The highest BCUT2D eigenvalue weighted by molar-refractivity contribution is 5.29. The average Bonchev–Trinajstić information content (AvgIpc) is 2.85. The maximum atomic E-state index is 12.9. The first-order chi connectivity index (χ1) is 9.43. The highest BCUT2D eigenvalue weighted by atomic mass is 19.4. The topological polar surface area (TPSA) is 55.6 Å². The van der Waals surface area contributed by atoms with Crippen LogP contribution in [0.3, 0.4) is 0 Å². The first-order valence-electron chi connectivity index (χ1n) is 6.02. The van der Waals surface area contributed by atoms with Crippen molar-refractivity contribution < 1.29 is 13.2 Å². The number of nitrogens with zero attached hydrogens (tertiary/aromatic N) is 4. The number of tetrazole rings is 1. The summed E-state index contributed by atoms with van der Waals surface area (Å²) in [6, 6.07) is 5.27. The molecule has 0 fully saturated rings. The molecule has 0 saturated heterocycles. The Labute approximate surface area is 113 Å². The third kappa shape index (κ3) is 2.96. The number of benzene rings is 1. The second-order valence-corrected chi connectivity index (χ2v) is 4.36. The van der Waals surface area contributed by atoms with E-state index in [1.807, 2.05) is 6.92 Å². The van der Waals surface area contributed by atoms with Crippen molar-refractivity contribution in [2.75, 3.05) is 7.05 Å². The molecule has 1 unspecified atom stereocenters. The third-order valence-corrected chi connectivity index (χ3v) is 3.02. The monoisotopic (exact) mass is 285 g/mol. The van der Waals surface area contributed by atoms with Crippen LogP contribution in [0.4, 0.5) is 13.2 Å². The van der Waals surface area contributed by atoms with Gasteiger partial charge in [-0.2, -0.15) is 13.2 Å². The Bertz CT molecular complexity index is 578. The van der Waals surface area contributed by atoms with Crippen LogP contribution >= 0.6 is 0 Å². The van der Waals surface area contributed by atoms with Gasteiger partial charge >= 0.3 is 6.18 Å². The predicted molar refractivity (Wildman–Crippen MR) is 65.8 cm³/mol. The van der Waals surface area contributed by atoms with Crippen molar-refractivity contribution in [3.05, 3.63) is 41.2 Å². The highest BCUT2D eigenvalue weighted by Crippen LogP contribution is 2.32. The summed E-state index contributed by atoms with van der Waals surface area (Å²) in [4.78, 5) is 0. The van der Waals surface area contributed by atoms with E-state index < -0.39 is 11.7 Å². The molecule has 0 amide bonds. The van der Waals surface area contributed by atoms with Gasteiger partial charge in [-0.1, -0.05) is 18.2 Å². The Morgan fingerprint density at radius 1 is 1.30 bits per heavy atom. The molecule has 2 rings (SSSR count). The van der Waals surface area contributed by atoms with Crippen molar-refractivity contribution in [3.8, 4) is 0 Å². The number of halogens is 3. The van der Waals surface area contributed by atoms with E-state index in [1.165, 1.54) is 16.8 Å². The minimum Gasteiger partial charge on any atom is -0.311 e. The first-order valence-corrected chi connectivity index (χ1v) is 6.02. The van der Waals surface area contributed by atoms with E-state index in [4.69, 9.17) is 0 Å².